The number of nitrogens with one attached hydrogen (secondary N) is 1. The molecule has 0 saturated heterocycles. The molecular formula is C14H9ClF3NO2. The zero-order valence-electron chi connectivity index (χ0n) is 10.4. The Hall–Kier alpha value is -2.21. The molecule has 2 aromatic rings. The summed E-state index contributed by atoms with van der Waals surface area (Å²) in [5.41, 5.74) is -1.33. The molecule has 0 aliphatic rings. The van der Waals surface area contributed by atoms with Crippen molar-refractivity contribution in [1.29, 1.82) is 0 Å². The quantitative estimate of drug-likeness (QED) is 0.811. The van der Waals surface area contributed by atoms with Crippen LogP contribution in [0.25, 0.3) is 0 Å². The van der Waals surface area contributed by atoms with Crippen molar-refractivity contribution in [3.05, 3.63) is 58.6 Å². The minimum atomic E-state index is -4.62. The molecule has 2 aromatic carbocycles. The molecule has 3 nitrogen and oxygen atoms in total. The van der Waals surface area contributed by atoms with Crippen molar-refractivity contribution in [2.75, 3.05) is 5.32 Å². The van der Waals surface area contributed by atoms with Gasteiger partial charge in [0.1, 0.15) is 5.75 Å². The summed E-state index contributed by atoms with van der Waals surface area (Å²) >= 11 is 5.67. The minimum absolute atomic E-state index is 0.0168. The highest BCUT2D eigenvalue weighted by Crippen LogP contribution is 2.32. The third-order valence-electron chi connectivity index (χ3n) is 2.68. The third kappa shape index (κ3) is 3.46. The fourth-order valence-electron chi connectivity index (χ4n) is 1.71. The first-order valence-corrected chi connectivity index (χ1v) is 6.13. The number of carbonyl (C=O) groups excluding carboxylic acids is 1. The summed E-state index contributed by atoms with van der Waals surface area (Å²) in [5, 5.41) is 11.5. The van der Waals surface area contributed by atoms with Crippen LogP contribution in [0.2, 0.25) is 5.02 Å². The Labute approximate surface area is 123 Å². The van der Waals surface area contributed by atoms with E-state index < -0.39 is 23.2 Å². The van der Waals surface area contributed by atoms with Crippen molar-refractivity contribution in [2.24, 2.45) is 0 Å². The van der Waals surface area contributed by atoms with Gasteiger partial charge in [0.2, 0.25) is 0 Å². The first-order chi connectivity index (χ1) is 9.79. The zero-order valence-corrected chi connectivity index (χ0v) is 11.2. The fraction of sp³-hybridized carbons (Fsp3) is 0.0714. The summed E-state index contributed by atoms with van der Waals surface area (Å²) in [6.07, 6.45) is -4.62. The van der Waals surface area contributed by atoms with Gasteiger partial charge in [-0.2, -0.15) is 13.2 Å². The van der Waals surface area contributed by atoms with Crippen molar-refractivity contribution >= 4 is 23.2 Å². The van der Waals surface area contributed by atoms with E-state index >= 15 is 0 Å². The predicted octanol–water partition coefficient (Wildman–Crippen LogP) is 4.32. The number of hydrogen-bond donors (Lipinski definition) is 2. The molecule has 0 saturated carbocycles. The Morgan fingerprint density at radius 2 is 1.81 bits per heavy atom. The lowest BCUT2D eigenvalue weighted by molar-refractivity contribution is -0.137. The second-order valence-electron chi connectivity index (χ2n) is 4.16. The van der Waals surface area contributed by atoms with E-state index in [0.717, 1.165) is 12.1 Å². The summed E-state index contributed by atoms with van der Waals surface area (Å²) in [5.74, 6) is -1.10. The van der Waals surface area contributed by atoms with E-state index in [-0.39, 0.29) is 16.5 Å². The molecule has 7 heteroatoms. The van der Waals surface area contributed by atoms with Gasteiger partial charge in [-0.05, 0) is 30.3 Å². The van der Waals surface area contributed by atoms with E-state index in [0.29, 0.717) is 0 Å². The van der Waals surface area contributed by atoms with Crippen LogP contribution in [0.1, 0.15) is 15.9 Å². The Kier molecular flexibility index (Phi) is 4.09. The molecule has 0 atom stereocenters. The Morgan fingerprint density at radius 3 is 2.43 bits per heavy atom. The summed E-state index contributed by atoms with van der Waals surface area (Å²) in [6, 6.07) is 8.26. The number of phenolic OH excluding ortho intramolecular Hbond substituents is 1. The molecule has 0 heterocycles. The summed E-state index contributed by atoms with van der Waals surface area (Å²) < 4.78 is 38.5. The highest BCUT2D eigenvalue weighted by atomic mass is 35.5. The van der Waals surface area contributed by atoms with Crippen LogP contribution in [-0.2, 0) is 6.18 Å². The van der Waals surface area contributed by atoms with Crippen molar-refractivity contribution < 1.29 is 23.1 Å². The maximum atomic E-state index is 12.8. The van der Waals surface area contributed by atoms with Crippen molar-refractivity contribution in [3.8, 4) is 5.75 Å². The maximum Gasteiger partial charge on any atom is 0.417 e. The first kappa shape index (κ1) is 15.2. The van der Waals surface area contributed by atoms with Crippen molar-refractivity contribution in [1.82, 2.24) is 0 Å². The molecule has 0 unspecified atom stereocenters. The van der Waals surface area contributed by atoms with E-state index in [1.807, 2.05) is 0 Å². The van der Waals surface area contributed by atoms with E-state index in [9.17, 15) is 23.1 Å². The van der Waals surface area contributed by atoms with Gasteiger partial charge in [-0.1, -0.05) is 23.7 Å². The lowest BCUT2D eigenvalue weighted by Gasteiger charge is -2.12. The van der Waals surface area contributed by atoms with Gasteiger partial charge in [0.15, 0.2) is 0 Å². The highest BCUT2D eigenvalue weighted by molar-refractivity contribution is 6.32. The smallest absolute Gasteiger partial charge is 0.417 e. The van der Waals surface area contributed by atoms with Gasteiger partial charge in [-0.15, -0.1) is 0 Å². The molecule has 0 radical (unpaired) electrons. The third-order valence-corrected chi connectivity index (χ3v) is 2.99. The molecule has 1 amide bonds. The van der Waals surface area contributed by atoms with Gasteiger partial charge in [-0.25, -0.2) is 0 Å². The maximum absolute atomic E-state index is 12.8. The SMILES string of the molecule is O=C(Nc1ccc(O)c(Cl)c1)c1ccccc1C(F)(F)F. The number of anilines is 1. The number of alkyl halides is 3. The van der Waals surface area contributed by atoms with Gasteiger partial charge in [-0.3, -0.25) is 4.79 Å². The van der Waals surface area contributed by atoms with Gasteiger partial charge >= 0.3 is 6.18 Å². The number of carbonyl (C=O) groups is 1. The molecule has 0 aliphatic carbocycles. The molecule has 0 aliphatic heterocycles. The van der Waals surface area contributed by atoms with Crippen molar-refractivity contribution in [3.63, 3.8) is 0 Å². The molecule has 2 N–H and O–H groups in total. The van der Waals surface area contributed by atoms with E-state index in [1.165, 1.54) is 30.3 Å². The average molecular weight is 316 g/mol. The highest BCUT2D eigenvalue weighted by Gasteiger charge is 2.34. The summed E-state index contributed by atoms with van der Waals surface area (Å²) in [7, 11) is 0. The molecule has 110 valence electrons. The number of hydrogen-bond acceptors (Lipinski definition) is 2. The number of aromatic hydroxyl groups is 1. The van der Waals surface area contributed by atoms with E-state index in [2.05, 4.69) is 5.32 Å². The predicted molar refractivity (Wildman–Crippen MR) is 72.5 cm³/mol. The molecule has 0 spiro atoms. The van der Waals surface area contributed by atoms with Crippen LogP contribution in [0.5, 0.6) is 5.75 Å². The lowest BCUT2D eigenvalue weighted by Crippen LogP contribution is -2.18. The van der Waals surface area contributed by atoms with Crippen LogP contribution in [0, 0.1) is 0 Å². The summed E-state index contributed by atoms with van der Waals surface area (Å²) in [4.78, 5) is 12.0. The molecule has 0 fully saturated rings. The van der Waals surface area contributed by atoms with E-state index in [1.54, 1.807) is 0 Å². The van der Waals surface area contributed by atoms with Crippen LogP contribution in [0.3, 0.4) is 0 Å². The van der Waals surface area contributed by atoms with Crippen LogP contribution < -0.4 is 5.32 Å². The Bertz CT molecular complexity index is 686. The largest absolute Gasteiger partial charge is 0.506 e. The van der Waals surface area contributed by atoms with Gasteiger partial charge in [0.05, 0.1) is 16.1 Å². The van der Waals surface area contributed by atoms with Gasteiger partial charge in [0.25, 0.3) is 5.91 Å². The minimum Gasteiger partial charge on any atom is -0.506 e. The zero-order chi connectivity index (χ0) is 15.6. The van der Waals surface area contributed by atoms with Crippen molar-refractivity contribution in [2.45, 2.75) is 6.18 Å². The number of phenols is 1. The Balaban J connectivity index is 2.31. The molecule has 0 bridgehead atoms. The van der Waals surface area contributed by atoms with Crippen LogP contribution in [-0.4, -0.2) is 11.0 Å². The number of amides is 1. The van der Waals surface area contributed by atoms with Gasteiger partial charge < -0.3 is 10.4 Å². The normalized spacial score (nSPS) is 11.2. The second kappa shape index (κ2) is 5.65. The fourth-order valence-corrected chi connectivity index (χ4v) is 1.89. The lowest BCUT2D eigenvalue weighted by atomic mass is 10.1. The number of halogens is 4. The summed E-state index contributed by atoms with van der Waals surface area (Å²) in [6.45, 7) is 0. The molecular weight excluding hydrogens is 307 g/mol. The van der Waals surface area contributed by atoms with Gasteiger partial charge in [0, 0.05) is 5.69 Å². The molecule has 0 aromatic heterocycles. The molecule has 21 heavy (non-hydrogen) atoms. The van der Waals surface area contributed by atoms with Crippen LogP contribution >= 0.6 is 11.6 Å². The van der Waals surface area contributed by atoms with Crippen LogP contribution in [0.4, 0.5) is 18.9 Å². The Morgan fingerprint density at radius 1 is 1.14 bits per heavy atom. The second-order valence-corrected chi connectivity index (χ2v) is 4.57. The van der Waals surface area contributed by atoms with Crippen LogP contribution in [0.15, 0.2) is 42.5 Å². The standard InChI is InChI=1S/C14H9ClF3NO2/c15-11-7-8(5-6-12(11)20)19-13(21)9-3-1-2-4-10(9)14(16,17)18/h1-7,20H,(H,19,21). The number of rotatable bonds is 2. The van der Waals surface area contributed by atoms with E-state index in [4.69, 9.17) is 11.6 Å². The average Bonchev–Trinajstić information content (AvgIpc) is 2.42. The topological polar surface area (TPSA) is 49.3 Å². The first-order valence-electron chi connectivity index (χ1n) is 5.75. The monoisotopic (exact) mass is 315 g/mol. The molecule has 2 rings (SSSR count). The number of benzene rings is 2.